The van der Waals surface area contributed by atoms with Gasteiger partial charge in [0.1, 0.15) is 5.71 Å². The molecule has 2 N–H and O–H groups in total. The van der Waals surface area contributed by atoms with Gasteiger partial charge in [0, 0.05) is 18.9 Å². The Morgan fingerprint density at radius 3 is 2.27 bits per heavy atom. The zero-order chi connectivity index (χ0) is 12.1. The minimum Gasteiger partial charge on any atom is -0.355 e. The van der Waals surface area contributed by atoms with E-state index in [0.29, 0.717) is 0 Å². The van der Waals surface area contributed by atoms with Gasteiger partial charge < -0.3 is 10.7 Å². The highest BCUT2D eigenvalue weighted by atomic mass is 19.4. The Bertz CT molecular complexity index is 238. The van der Waals surface area contributed by atoms with E-state index in [-0.39, 0.29) is 25.3 Å². The van der Waals surface area contributed by atoms with E-state index in [4.69, 9.17) is 5.41 Å². The lowest BCUT2D eigenvalue weighted by molar-refractivity contribution is -0.121. The number of alkyl halides is 3. The van der Waals surface area contributed by atoms with Crippen molar-refractivity contribution in [3.63, 3.8) is 0 Å². The molecule has 6 heteroatoms. The molecule has 0 aliphatic heterocycles. The van der Waals surface area contributed by atoms with E-state index in [2.05, 4.69) is 5.32 Å². The summed E-state index contributed by atoms with van der Waals surface area (Å²) in [6.07, 6.45) is -4.18. The van der Waals surface area contributed by atoms with E-state index >= 15 is 0 Å². The van der Waals surface area contributed by atoms with Crippen molar-refractivity contribution in [3.05, 3.63) is 0 Å². The molecule has 0 aromatic rings. The van der Waals surface area contributed by atoms with Crippen molar-refractivity contribution in [2.75, 3.05) is 6.54 Å². The smallest absolute Gasteiger partial charge is 0.355 e. The molecule has 0 aromatic heterocycles. The van der Waals surface area contributed by atoms with Crippen molar-refractivity contribution in [1.29, 1.82) is 5.41 Å². The van der Waals surface area contributed by atoms with Crippen LogP contribution in [0.15, 0.2) is 0 Å². The largest absolute Gasteiger partial charge is 0.429 e. The van der Waals surface area contributed by atoms with Gasteiger partial charge in [-0.2, -0.15) is 13.2 Å². The molecular weight excluding hydrogens is 209 g/mol. The predicted octanol–water partition coefficient (Wildman–Crippen LogP) is 2.12. The topological polar surface area (TPSA) is 53.0 Å². The monoisotopic (exact) mass is 224 g/mol. The van der Waals surface area contributed by atoms with Gasteiger partial charge in [-0.05, 0) is 6.42 Å². The maximum absolute atomic E-state index is 12.2. The molecule has 0 aliphatic rings. The first kappa shape index (κ1) is 13.9. The van der Waals surface area contributed by atoms with Gasteiger partial charge in [0.2, 0.25) is 5.91 Å². The molecule has 0 saturated carbocycles. The Hall–Kier alpha value is -1.07. The minimum atomic E-state index is -4.60. The second-order valence-corrected chi connectivity index (χ2v) is 3.17. The highest BCUT2D eigenvalue weighted by molar-refractivity contribution is 5.89. The summed E-state index contributed by atoms with van der Waals surface area (Å²) in [7, 11) is 0. The molecule has 0 saturated heterocycles. The molecule has 0 bridgehead atoms. The summed E-state index contributed by atoms with van der Waals surface area (Å²) in [5, 5.41) is 9.28. The molecule has 0 aliphatic carbocycles. The first-order valence-electron chi connectivity index (χ1n) is 4.75. The average Bonchev–Trinajstić information content (AvgIpc) is 2.16. The lowest BCUT2D eigenvalue weighted by Crippen LogP contribution is -2.38. The van der Waals surface area contributed by atoms with Gasteiger partial charge >= 0.3 is 6.18 Å². The van der Waals surface area contributed by atoms with Crippen molar-refractivity contribution in [2.45, 2.75) is 32.9 Å². The van der Waals surface area contributed by atoms with Gasteiger partial charge in [-0.1, -0.05) is 13.8 Å². The molecule has 1 amide bonds. The van der Waals surface area contributed by atoms with Crippen LogP contribution in [-0.2, 0) is 4.79 Å². The number of hydrogen-bond donors (Lipinski definition) is 2. The normalized spacial score (nSPS) is 13.4. The van der Waals surface area contributed by atoms with Gasteiger partial charge in [0.15, 0.2) is 0 Å². The molecule has 0 heterocycles. The van der Waals surface area contributed by atoms with Crippen LogP contribution in [0.1, 0.15) is 26.7 Å². The van der Waals surface area contributed by atoms with Crippen LogP contribution >= 0.6 is 0 Å². The summed E-state index contributed by atoms with van der Waals surface area (Å²) in [4.78, 5) is 10.8. The van der Waals surface area contributed by atoms with Gasteiger partial charge in [0.05, 0.1) is 0 Å². The predicted molar refractivity (Wildman–Crippen MR) is 50.9 cm³/mol. The van der Waals surface area contributed by atoms with Crippen LogP contribution < -0.4 is 5.32 Å². The zero-order valence-electron chi connectivity index (χ0n) is 8.74. The summed E-state index contributed by atoms with van der Waals surface area (Å²) >= 11 is 0. The molecule has 1 unspecified atom stereocenters. The van der Waals surface area contributed by atoms with Crippen LogP contribution in [0.5, 0.6) is 0 Å². The van der Waals surface area contributed by atoms with Crippen LogP contribution in [0.2, 0.25) is 0 Å². The van der Waals surface area contributed by atoms with E-state index in [1.807, 2.05) is 0 Å². The summed E-state index contributed by atoms with van der Waals surface area (Å²) < 4.78 is 36.5. The summed E-state index contributed by atoms with van der Waals surface area (Å²) in [6.45, 7) is 3.05. The number of nitrogens with one attached hydrogen (secondary N) is 2. The summed E-state index contributed by atoms with van der Waals surface area (Å²) in [5.74, 6) is -1.26. The van der Waals surface area contributed by atoms with E-state index in [0.717, 1.165) is 0 Å². The minimum absolute atomic E-state index is 0.123. The number of carbonyl (C=O) groups excluding carboxylic acids is 1. The van der Waals surface area contributed by atoms with E-state index in [1.165, 1.54) is 0 Å². The first-order chi connectivity index (χ1) is 6.82. The third kappa shape index (κ3) is 4.80. The maximum atomic E-state index is 12.2. The highest BCUT2D eigenvalue weighted by Crippen LogP contribution is 2.22. The van der Waals surface area contributed by atoms with Crippen molar-refractivity contribution >= 4 is 11.6 Å². The summed E-state index contributed by atoms with van der Waals surface area (Å²) in [6, 6.07) is 0. The number of rotatable bonds is 5. The van der Waals surface area contributed by atoms with Gasteiger partial charge in [-0.3, -0.25) is 4.79 Å². The molecule has 88 valence electrons. The van der Waals surface area contributed by atoms with Gasteiger partial charge in [-0.15, -0.1) is 0 Å². The molecule has 0 fully saturated rings. The van der Waals surface area contributed by atoms with Crippen LogP contribution in [0.4, 0.5) is 13.2 Å². The number of halogens is 3. The third-order valence-corrected chi connectivity index (χ3v) is 2.07. The van der Waals surface area contributed by atoms with Crippen LogP contribution in [-0.4, -0.2) is 24.3 Å². The second kappa shape index (κ2) is 5.72. The van der Waals surface area contributed by atoms with E-state index in [9.17, 15) is 18.0 Å². The Morgan fingerprint density at radius 2 is 1.93 bits per heavy atom. The zero-order valence-corrected chi connectivity index (χ0v) is 8.74. The summed E-state index contributed by atoms with van der Waals surface area (Å²) in [5.41, 5.74) is -1.28. The fourth-order valence-corrected chi connectivity index (χ4v) is 1.04. The average molecular weight is 224 g/mol. The fraction of sp³-hybridized carbons (Fsp3) is 0.778. The number of carbonyl (C=O) groups is 1. The third-order valence-electron chi connectivity index (χ3n) is 2.07. The first-order valence-corrected chi connectivity index (χ1v) is 4.75. The highest BCUT2D eigenvalue weighted by Gasteiger charge is 2.38. The Balaban J connectivity index is 4.26. The van der Waals surface area contributed by atoms with Crippen LogP contribution in [0, 0.1) is 11.3 Å². The Morgan fingerprint density at radius 1 is 1.40 bits per heavy atom. The van der Waals surface area contributed by atoms with Crippen molar-refractivity contribution in [2.24, 2.45) is 5.92 Å². The SMILES string of the molecule is CCC(=O)NCC(CC)C(=N)C(F)(F)F. The van der Waals surface area contributed by atoms with Gasteiger partial charge in [-0.25, -0.2) is 0 Å². The number of amides is 1. The van der Waals surface area contributed by atoms with E-state index in [1.54, 1.807) is 13.8 Å². The molecule has 15 heavy (non-hydrogen) atoms. The fourth-order valence-electron chi connectivity index (χ4n) is 1.04. The Labute approximate surface area is 86.6 Å². The maximum Gasteiger partial charge on any atom is 0.429 e. The Kier molecular flexibility index (Phi) is 5.32. The van der Waals surface area contributed by atoms with E-state index < -0.39 is 17.8 Å². The second-order valence-electron chi connectivity index (χ2n) is 3.17. The van der Waals surface area contributed by atoms with Gasteiger partial charge in [0.25, 0.3) is 0 Å². The molecular formula is C9H15F3N2O. The lowest BCUT2D eigenvalue weighted by Gasteiger charge is -2.18. The van der Waals surface area contributed by atoms with Crippen molar-refractivity contribution < 1.29 is 18.0 Å². The molecule has 0 radical (unpaired) electrons. The van der Waals surface area contributed by atoms with Crippen LogP contribution in [0.3, 0.4) is 0 Å². The molecule has 0 rings (SSSR count). The molecule has 3 nitrogen and oxygen atoms in total. The number of hydrogen-bond acceptors (Lipinski definition) is 2. The lowest BCUT2D eigenvalue weighted by atomic mass is 10.00. The van der Waals surface area contributed by atoms with Crippen molar-refractivity contribution in [1.82, 2.24) is 5.32 Å². The van der Waals surface area contributed by atoms with Crippen molar-refractivity contribution in [3.8, 4) is 0 Å². The standard InChI is InChI=1S/C9H15F3N2O/c1-3-6(5-14-7(15)4-2)8(13)9(10,11)12/h6,13H,3-5H2,1-2H3,(H,14,15). The molecule has 0 spiro atoms. The van der Waals surface area contributed by atoms with Crippen LogP contribution in [0.25, 0.3) is 0 Å². The molecule has 0 aromatic carbocycles. The molecule has 1 atom stereocenters. The quantitative estimate of drug-likeness (QED) is 0.690.